The van der Waals surface area contributed by atoms with Crippen molar-refractivity contribution in [2.45, 2.75) is 18.9 Å². The lowest BCUT2D eigenvalue weighted by atomic mass is 10.1. The highest BCUT2D eigenvalue weighted by Gasteiger charge is 2.29. The summed E-state index contributed by atoms with van der Waals surface area (Å²) in [7, 11) is 1.45. The zero-order valence-corrected chi connectivity index (χ0v) is 16.7. The molecule has 0 saturated carbocycles. The first-order valence-corrected chi connectivity index (χ1v) is 9.66. The first kappa shape index (κ1) is 20.3. The fourth-order valence-corrected chi connectivity index (χ4v) is 3.54. The van der Waals surface area contributed by atoms with E-state index in [9.17, 15) is 14.4 Å². The number of methoxy groups -OCH3 is 1. The Morgan fingerprint density at radius 1 is 1.26 bits per heavy atom. The summed E-state index contributed by atoms with van der Waals surface area (Å²) in [5.41, 5.74) is 0.877. The van der Waals surface area contributed by atoms with E-state index in [0.29, 0.717) is 37.1 Å². The topological polar surface area (TPSA) is 106 Å². The Morgan fingerprint density at radius 3 is 2.81 bits per heavy atom. The minimum absolute atomic E-state index is 0.212. The molecule has 3 heterocycles. The molecule has 0 aliphatic carbocycles. The van der Waals surface area contributed by atoms with Crippen LogP contribution < -0.4 is 9.47 Å². The Labute approximate surface area is 177 Å². The molecular weight excluding hydrogens is 403 g/mol. The van der Waals surface area contributed by atoms with E-state index in [1.165, 1.54) is 48.7 Å². The molecule has 1 atom stereocenters. The van der Waals surface area contributed by atoms with Crippen molar-refractivity contribution in [1.82, 2.24) is 24.9 Å². The van der Waals surface area contributed by atoms with E-state index >= 15 is 0 Å². The highest BCUT2D eigenvalue weighted by atomic mass is 19.1. The van der Waals surface area contributed by atoms with Gasteiger partial charge in [-0.05, 0) is 31.0 Å². The second kappa shape index (κ2) is 8.79. The number of hydrogen-bond donors (Lipinski definition) is 0. The lowest BCUT2D eigenvalue weighted by Gasteiger charge is -2.33. The van der Waals surface area contributed by atoms with Crippen LogP contribution in [0.3, 0.4) is 0 Å². The number of piperidine rings is 1. The molecule has 158 valence electrons. The number of benzene rings is 1. The molecule has 2 aromatic heterocycles. The Balaban J connectivity index is 1.55. The zero-order chi connectivity index (χ0) is 21.8. The van der Waals surface area contributed by atoms with Crippen LogP contribution in [0.1, 0.15) is 28.8 Å². The van der Waals surface area contributed by atoms with Crippen molar-refractivity contribution in [3.63, 3.8) is 0 Å². The monoisotopic (exact) mass is 422 g/mol. The second-order valence-corrected chi connectivity index (χ2v) is 6.92. The van der Waals surface area contributed by atoms with Gasteiger partial charge in [-0.15, -0.1) is 0 Å². The number of rotatable bonds is 5. The first-order valence-electron chi connectivity index (χ1n) is 9.66. The van der Waals surface area contributed by atoms with Crippen LogP contribution in [0.15, 0.2) is 42.9 Å². The number of ether oxygens (including phenoxy) is 2. The fraction of sp³-hybridized carbons (Fsp3) is 0.286. The number of hydrogen-bond acceptors (Lipinski definition) is 7. The van der Waals surface area contributed by atoms with E-state index in [1.807, 2.05) is 6.07 Å². The number of pyridine rings is 1. The summed E-state index contributed by atoms with van der Waals surface area (Å²) in [6.07, 6.45) is 5.48. The van der Waals surface area contributed by atoms with Crippen molar-refractivity contribution in [3.05, 3.63) is 59.8 Å². The largest absolute Gasteiger partial charge is 0.490 e. The van der Waals surface area contributed by atoms with Crippen LogP contribution in [0.5, 0.6) is 11.6 Å². The van der Waals surface area contributed by atoms with Gasteiger partial charge >= 0.3 is 0 Å². The van der Waals surface area contributed by atoms with E-state index < -0.39 is 5.82 Å². The molecule has 1 aromatic carbocycles. The summed E-state index contributed by atoms with van der Waals surface area (Å²) in [6.45, 7) is 0.842. The molecule has 0 unspecified atom stereocenters. The molecule has 1 saturated heterocycles. The average Bonchev–Trinajstić information content (AvgIpc) is 3.33. The van der Waals surface area contributed by atoms with Gasteiger partial charge in [0.15, 0.2) is 5.75 Å². The molecule has 1 amide bonds. The molecule has 1 fully saturated rings. The summed E-state index contributed by atoms with van der Waals surface area (Å²) in [6, 6.07) is 7.48. The zero-order valence-electron chi connectivity index (χ0n) is 16.7. The Morgan fingerprint density at radius 2 is 2.06 bits per heavy atom. The number of carbonyl (C=O) groups is 1. The van der Waals surface area contributed by atoms with E-state index in [-0.39, 0.29) is 29.3 Å². The van der Waals surface area contributed by atoms with E-state index in [0.717, 1.165) is 0 Å². The Hall–Kier alpha value is -4.00. The maximum Gasteiger partial charge on any atom is 0.258 e. The van der Waals surface area contributed by atoms with Gasteiger partial charge in [-0.3, -0.25) is 4.79 Å². The molecule has 0 bridgehead atoms. The molecule has 0 spiro atoms. The van der Waals surface area contributed by atoms with Crippen molar-refractivity contribution in [2.75, 3.05) is 20.2 Å². The van der Waals surface area contributed by atoms with Crippen LogP contribution in [0.4, 0.5) is 4.39 Å². The van der Waals surface area contributed by atoms with E-state index in [4.69, 9.17) is 9.47 Å². The van der Waals surface area contributed by atoms with Gasteiger partial charge in [-0.2, -0.15) is 20.3 Å². The minimum atomic E-state index is -0.487. The SMILES string of the molecule is COc1c(C#N)ccnc1O[C@@H]1CCCN(C(=O)c2ccc(F)cc2-n2nccn2)C1. The second-order valence-electron chi connectivity index (χ2n) is 6.92. The number of likely N-dealkylation sites (tertiary alicyclic amines) is 1. The number of nitriles is 1. The molecule has 9 nitrogen and oxygen atoms in total. The molecule has 10 heteroatoms. The van der Waals surface area contributed by atoms with Gasteiger partial charge < -0.3 is 14.4 Å². The van der Waals surface area contributed by atoms with E-state index in [1.54, 1.807) is 11.0 Å². The van der Waals surface area contributed by atoms with E-state index in [2.05, 4.69) is 15.2 Å². The lowest BCUT2D eigenvalue weighted by molar-refractivity contribution is 0.0520. The number of aromatic nitrogens is 4. The number of carbonyl (C=O) groups excluding carboxylic acids is 1. The molecule has 3 aromatic rings. The standard InChI is InChI=1S/C21H19FN6O3/c1-30-19-14(12-23)6-7-24-20(19)31-16-3-2-10-27(13-16)21(29)17-5-4-15(22)11-18(17)28-25-8-9-26-28/h4-9,11,16H,2-3,10,13H2,1H3/t16-/m1/s1. The van der Waals surface area contributed by atoms with Crippen molar-refractivity contribution >= 4 is 5.91 Å². The third-order valence-corrected chi connectivity index (χ3v) is 4.96. The van der Waals surface area contributed by atoms with Crippen molar-refractivity contribution in [3.8, 4) is 23.4 Å². The molecular formula is C21H19FN6O3. The molecule has 1 aliphatic heterocycles. The normalized spacial score (nSPS) is 15.9. The molecule has 0 N–H and O–H groups in total. The van der Waals surface area contributed by atoms with Crippen molar-refractivity contribution < 1.29 is 18.7 Å². The van der Waals surface area contributed by atoms with Gasteiger partial charge in [0.2, 0.25) is 0 Å². The number of nitrogens with zero attached hydrogens (tertiary/aromatic N) is 6. The van der Waals surface area contributed by atoms with Crippen LogP contribution in [0.2, 0.25) is 0 Å². The van der Waals surface area contributed by atoms with Crippen LogP contribution >= 0.6 is 0 Å². The van der Waals surface area contributed by atoms with Crippen LogP contribution in [-0.2, 0) is 0 Å². The molecule has 31 heavy (non-hydrogen) atoms. The maximum absolute atomic E-state index is 13.8. The quantitative estimate of drug-likeness (QED) is 0.621. The summed E-state index contributed by atoms with van der Waals surface area (Å²) in [5, 5.41) is 17.3. The predicted octanol–water partition coefficient (Wildman–Crippen LogP) is 2.37. The Kier molecular flexibility index (Phi) is 5.75. The van der Waals surface area contributed by atoms with Gasteiger partial charge in [0.05, 0.1) is 31.6 Å². The van der Waals surface area contributed by atoms with Crippen molar-refractivity contribution in [2.24, 2.45) is 0 Å². The smallest absolute Gasteiger partial charge is 0.258 e. The minimum Gasteiger partial charge on any atom is -0.490 e. The lowest BCUT2D eigenvalue weighted by Crippen LogP contribution is -2.44. The van der Waals surface area contributed by atoms with Crippen molar-refractivity contribution in [1.29, 1.82) is 5.26 Å². The third kappa shape index (κ3) is 4.16. The molecule has 4 rings (SSSR count). The number of halogens is 1. The van der Waals surface area contributed by atoms with Gasteiger partial charge in [0, 0.05) is 18.8 Å². The van der Waals surface area contributed by atoms with Gasteiger partial charge in [-0.1, -0.05) is 0 Å². The van der Waals surface area contributed by atoms with Crippen LogP contribution in [0, 0.1) is 17.1 Å². The average molecular weight is 422 g/mol. The first-order chi connectivity index (χ1) is 15.1. The summed E-state index contributed by atoms with van der Waals surface area (Å²) in [4.78, 5) is 20.3. The third-order valence-electron chi connectivity index (χ3n) is 4.96. The number of amides is 1. The van der Waals surface area contributed by atoms with Gasteiger partial charge in [-0.25, -0.2) is 9.37 Å². The van der Waals surface area contributed by atoms with Crippen LogP contribution in [-0.4, -0.2) is 57.1 Å². The fourth-order valence-electron chi connectivity index (χ4n) is 3.54. The molecule has 0 radical (unpaired) electrons. The predicted molar refractivity (Wildman–Crippen MR) is 106 cm³/mol. The summed E-state index contributed by atoms with van der Waals surface area (Å²) >= 11 is 0. The van der Waals surface area contributed by atoms with Crippen LogP contribution in [0.25, 0.3) is 5.69 Å². The van der Waals surface area contributed by atoms with Gasteiger partial charge in [0.25, 0.3) is 11.8 Å². The maximum atomic E-state index is 13.8. The Bertz CT molecular complexity index is 1130. The summed E-state index contributed by atoms with van der Waals surface area (Å²) in [5.74, 6) is -0.284. The summed E-state index contributed by atoms with van der Waals surface area (Å²) < 4.78 is 25.1. The molecule has 1 aliphatic rings. The highest BCUT2D eigenvalue weighted by molar-refractivity contribution is 5.97. The highest BCUT2D eigenvalue weighted by Crippen LogP contribution is 2.30. The van der Waals surface area contributed by atoms with Gasteiger partial charge in [0.1, 0.15) is 29.2 Å².